The van der Waals surface area contributed by atoms with E-state index in [1.165, 1.54) is 0 Å². The maximum Gasteiger partial charge on any atom is 0.234 e. The highest BCUT2D eigenvalue weighted by molar-refractivity contribution is 7.10. The molecule has 2 unspecified atom stereocenters. The predicted molar refractivity (Wildman–Crippen MR) is 78.7 cm³/mol. The first-order valence-electron chi connectivity index (χ1n) is 6.59. The fourth-order valence-electron chi connectivity index (χ4n) is 2.69. The summed E-state index contributed by atoms with van der Waals surface area (Å²) < 4.78 is 0. The molecule has 2 amide bonds. The molecule has 20 heavy (non-hydrogen) atoms. The third-order valence-corrected chi connectivity index (χ3v) is 4.70. The molecule has 3 nitrogen and oxygen atoms in total. The van der Waals surface area contributed by atoms with Gasteiger partial charge in [0.05, 0.1) is 5.92 Å². The fraction of sp³-hybridized carbons (Fsp3) is 0.250. The monoisotopic (exact) mass is 285 g/mol. The molecule has 4 heteroatoms. The van der Waals surface area contributed by atoms with Crippen LogP contribution in [0.2, 0.25) is 0 Å². The number of rotatable bonds is 2. The van der Waals surface area contributed by atoms with Gasteiger partial charge < -0.3 is 0 Å². The zero-order valence-corrected chi connectivity index (χ0v) is 11.9. The van der Waals surface area contributed by atoms with Crippen LogP contribution in [0.5, 0.6) is 0 Å². The van der Waals surface area contributed by atoms with Crippen LogP contribution >= 0.6 is 11.3 Å². The topological polar surface area (TPSA) is 46.2 Å². The normalized spacial score (nSPS) is 22.6. The lowest BCUT2D eigenvalue weighted by Crippen LogP contribution is -2.43. The molecule has 2 atom stereocenters. The number of carbonyl (C=O) groups excluding carboxylic acids is 2. The van der Waals surface area contributed by atoms with Crippen molar-refractivity contribution in [1.82, 2.24) is 5.32 Å². The highest BCUT2D eigenvalue weighted by Crippen LogP contribution is 2.40. The highest BCUT2D eigenvalue weighted by atomic mass is 32.1. The van der Waals surface area contributed by atoms with Crippen molar-refractivity contribution in [3.63, 3.8) is 0 Å². The van der Waals surface area contributed by atoms with E-state index in [0.717, 1.165) is 16.0 Å². The number of piperidine rings is 1. The van der Waals surface area contributed by atoms with Crippen LogP contribution in [0.1, 0.15) is 34.3 Å². The Balaban J connectivity index is 2.01. The second kappa shape index (κ2) is 5.21. The van der Waals surface area contributed by atoms with Crippen molar-refractivity contribution >= 4 is 23.2 Å². The molecule has 0 aliphatic carbocycles. The Labute approximate surface area is 121 Å². The molecule has 1 fully saturated rings. The Morgan fingerprint density at radius 2 is 1.90 bits per heavy atom. The van der Waals surface area contributed by atoms with Gasteiger partial charge in [-0.15, -0.1) is 11.3 Å². The summed E-state index contributed by atoms with van der Waals surface area (Å²) in [5.41, 5.74) is 2.13. The Hall–Kier alpha value is -1.94. The van der Waals surface area contributed by atoms with Gasteiger partial charge in [0.1, 0.15) is 0 Å². The van der Waals surface area contributed by atoms with E-state index in [2.05, 4.69) is 5.32 Å². The first kappa shape index (κ1) is 13.1. The van der Waals surface area contributed by atoms with Crippen molar-refractivity contribution in [2.45, 2.75) is 25.2 Å². The van der Waals surface area contributed by atoms with Gasteiger partial charge >= 0.3 is 0 Å². The number of carbonyl (C=O) groups is 2. The lowest BCUT2D eigenvalue weighted by molar-refractivity contribution is -0.135. The summed E-state index contributed by atoms with van der Waals surface area (Å²) in [7, 11) is 0. The molecular weight excluding hydrogens is 270 g/mol. The summed E-state index contributed by atoms with van der Waals surface area (Å²) in [5.74, 6) is -0.717. The van der Waals surface area contributed by atoms with Crippen molar-refractivity contribution in [1.29, 1.82) is 0 Å². The third-order valence-electron chi connectivity index (χ3n) is 3.70. The fourth-order valence-corrected chi connectivity index (χ4v) is 3.56. The van der Waals surface area contributed by atoms with E-state index in [1.54, 1.807) is 11.3 Å². The van der Waals surface area contributed by atoms with Crippen molar-refractivity contribution < 1.29 is 9.59 Å². The third kappa shape index (κ3) is 2.39. The van der Waals surface area contributed by atoms with Gasteiger partial charge in [-0.2, -0.15) is 0 Å². The number of hydrogen-bond donors (Lipinski definition) is 1. The second-order valence-electron chi connectivity index (χ2n) is 5.13. The van der Waals surface area contributed by atoms with Crippen LogP contribution in [0.4, 0.5) is 0 Å². The minimum atomic E-state index is -0.285. The molecule has 1 aromatic carbocycles. The van der Waals surface area contributed by atoms with Crippen molar-refractivity contribution in [2.24, 2.45) is 0 Å². The lowest BCUT2D eigenvalue weighted by Gasteiger charge is -2.29. The minimum Gasteiger partial charge on any atom is -0.296 e. The SMILES string of the molecule is Cc1ccc(C2C(=O)NC(=O)CC2c2cccs2)cc1. The van der Waals surface area contributed by atoms with Crippen LogP contribution in [0.15, 0.2) is 41.8 Å². The number of hydrogen-bond acceptors (Lipinski definition) is 3. The molecule has 1 saturated heterocycles. The molecule has 1 aromatic heterocycles. The number of benzene rings is 1. The van der Waals surface area contributed by atoms with E-state index in [1.807, 2.05) is 48.7 Å². The predicted octanol–water partition coefficient (Wildman–Crippen LogP) is 2.97. The summed E-state index contributed by atoms with van der Waals surface area (Å²) in [5, 5.41) is 4.45. The molecular formula is C16H15NO2S. The molecule has 0 spiro atoms. The summed E-state index contributed by atoms with van der Waals surface area (Å²) in [6.45, 7) is 2.02. The van der Waals surface area contributed by atoms with E-state index < -0.39 is 0 Å². The maximum absolute atomic E-state index is 12.3. The molecule has 1 N–H and O–H groups in total. The van der Waals surface area contributed by atoms with E-state index in [9.17, 15) is 9.59 Å². The van der Waals surface area contributed by atoms with E-state index in [4.69, 9.17) is 0 Å². The zero-order valence-electron chi connectivity index (χ0n) is 11.1. The van der Waals surface area contributed by atoms with Gasteiger partial charge in [0.15, 0.2) is 0 Å². The summed E-state index contributed by atoms with van der Waals surface area (Å²) in [6.07, 6.45) is 0.366. The van der Waals surface area contributed by atoms with Gasteiger partial charge in [-0.1, -0.05) is 35.9 Å². The molecule has 102 valence electrons. The first-order chi connectivity index (χ1) is 9.65. The van der Waals surface area contributed by atoms with Crippen LogP contribution in [0.3, 0.4) is 0 Å². The number of thiophene rings is 1. The van der Waals surface area contributed by atoms with Crippen LogP contribution in [0.25, 0.3) is 0 Å². The van der Waals surface area contributed by atoms with Crippen LogP contribution in [-0.4, -0.2) is 11.8 Å². The highest BCUT2D eigenvalue weighted by Gasteiger charge is 2.38. The zero-order chi connectivity index (χ0) is 14.1. The van der Waals surface area contributed by atoms with Crippen LogP contribution in [0, 0.1) is 6.92 Å². The van der Waals surface area contributed by atoms with Gasteiger partial charge in [-0.05, 0) is 23.9 Å². The van der Waals surface area contributed by atoms with Gasteiger partial charge in [0, 0.05) is 17.2 Å². The van der Waals surface area contributed by atoms with E-state index in [0.29, 0.717) is 6.42 Å². The number of nitrogens with one attached hydrogen (secondary N) is 1. The smallest absolute Gasteiger partial charge is 0.234 e. The average Bonchev–Trinajstić information content (AvgIpc) is 2.93. The molecule has 3 rings (SSSR count). The molecule has 1 aliphatic heterocycles. The summed E-state index contributed by atoms with van der Waals surface area (Å²) >= 11 is 1.60. The first-order valence-corrected chi connectivity index (χ1v) is 7.47. The van der Waals surface area contributed by atoms with E-state index >= 15 is 0 Å². The lowest BCUT2D eigenvalue weighted by atomic mass is 9.79. The Kier molecular flexibility index (Phi) is 3.40. The van der Waals surface area contributed by atoms with Crippen LogP contribution < -0.4 is 5.32 Å². The Morgan fingerprint density at radius 3 is 2.55 bits per heavy atom. The standard InChI is InChI=1S/C16H15NO2S/c1-10-4-6-11(7-5-10)15-12(13-3-2-8-20-13)9-14(18)17-16(15)19/h2-8,12,15H,9H2,1H3,(H,17,18,19). The summed E-state index contributed by atoms with van der Waals surface area (Å²) in [6, 6.07) is 11.9. The Morgan fingerprint density at radius 1 is 1.15 bits per heavy atom. The van der Waals surface area contributed by atoms with Crippen molar-refractivity contribution in [2.75, 3.05) is 0 Å². The van der Waals surface area contributed by atoms with Gasteiger partial charge in [-0.3, -0.25) is 14.9 Å². The molecule has 2 heterocycles. The molecule has 1 aliphatic rings. The minimum absolute atomic E-state index is 0.0565. The van der Waals surface area contributed by atoms with Crippen LogP contribution in [-0.2, 0) is 9.59 Å². The molecule has 0 saturated carbocycles. The maximum atomic E-state index is 12.3. The Bertz CT molecular complexity index is 631. The van der Waals surface area contributed by atoms with Gasteiger partial charge in [0.25, 0.3) is 0 Å². The number of aryl methyl sites for hydroxylation is 1. The van der Waals surface area contributed by atoms with Gasteiger partial charge in [0.2, 0.25) is 11.8 Å². The summed E-state index contributed by atoms with van der Waals surface area (Å²) in [4.78, 5) is 25.0. The number of imide groups is 1. The molecule has 2 aromatic rings. The average molecular weight is 285 g/mol. The van der Waals surface area contributed by atoms with Crippen molar-refractivity contribution in [3.05, 3.63) is 57.8 Å². The quantitative estimate of drug-likeness (QED) is 0.862. The van der Waals surface area contributed by atoms with Gasteiger partial charge in [-0.25, -0.2) is 0 Å². The van der Waals surface area contributed by atoms with Crippen molar-refractivity contribution in [3.8, 4) is 0 Å². The molecule has 0 bridgehead atoms. The van der Waals surface area contributed by atoms with E-state index in [-0.39, 0.29) is 23.7 Å². The number of amides is 2. The second-order valence-corrected chi connectivity index (χ2v) is 6.11. The largest absolute Gasteiger partial charge is 0.296 e. The molecule has 0 radical (unpaired) electrons.